The summed E-state index contributed by atoms with van der Waals surface area (Å²) in [6.07, 6.45) is 10.1. The van der Waals surface area contributed by atoms with Gasteiger partial charge in [0.25, 0.3) is 0 Å². The van der Waals surface area contributed by atoms with Crippen LogP contribution in [0.4, 0.5) is 0 Å². The SMILES string of the molecule is CCC(=O)CCCCCC(CNC(=O)C1CN(C(C)=O)C1)c1ncc(-c2ccc(-n3cccn3)cc2)o1. The second-order valence-corrected chi connectivity index (χ2v) is 9.61. The van der Waals surface area contributed by atoms with Crippen LogP contribution in [0.3, 0.4) is 0 Å². The molecule has 0 saturated carbocycles. The van der Waals surface area contributed by atoms with Gasteiger partial charge in [0, 0.05) is 57.4 Å². The topological polar surface area (TPSA) is 110 Å². The summed E-state index contributed by atoms with van der Waals surface area (Å²) in [6, 6.07) is 9.77. The van der Waals surface area contributed by atoms with Crippen molar-refractivity contribution in [1.82, 2.24) is 25.0 Å². The van der Waals surface area contributed by atoms with E-state index in [1.165, 1.54) is 6.92 Å². The molecular weight excluding hydrogens is 470 g/mol. The molecule has 4 rings (SSSR count). The largest absolute Gasteiger partial charge is 0.440 e. The lowest BCUT2D eigenvalue weighted by Gasteiger charge is -2.37. The minimum Gasteiger partial charge on any atom is -0.440 e. The summed E-state index contributed by atoms with van der Waals surface area (Å²) in [5, 5.41) is 7.29. The number of oxazole rings is 1. The molecule has 0 spiro atoms. The first kappa shape index (κ1) is 26.3. The lowest BCUT2D eigenvalue weighted by Crippen LogP contribution is -2.55. The first-order chi connectivity index (χ1) is 17.9. The molecule has 2 aromatic heterocycles. The molecule has 1 saturated heterocycles. The zero-order valence-electron chi connectivity index (χ0n) is 21.6. The van der Waals surface area contributed by atoms with Crippen molar-refractivity contribution in [2.45, 2.75) is 58.3 Å². The van der Waals surface area contributed by atoms with Crippen molar-refractivity contribution < 1.29 is 18.8 Å². The highest BCUT2D eigenvalue weighted by molar-refractivity contribution is 5.83. The molecule has 2 amide bonds. The summed E-state index contributed by atoms with van der Waals surface area (Å²) in [6.45, 7) is 4.76. The number of nitrogens with zero attached hydrogens (tertiary/aromatic N) is 4. The predicted molar refractivity (Wildman–Crippen MR) is 139 cm³/mol. The number of likely N-dealkylation sites (tertiary alicyclic amines) is 1. The van der Waals surface area contributed by atoms with E-state index >= 15 is 0 Å². The summed E-state index contributed by atoms with van der Waals surface area (Å²) in [7, 11) is 0. The van der Waals surface area contributed by atoms with Gasteiger partial charge >= 0.3 is 0 Å². The molecule has 0 aliphatic carbocycles. The van der Waals surface area contributed by atoms with E-state index in [-0.39, 0.29) is 23.7 Å². The molecule has 9 nitrogen and oxygen atoms in total. The fraction of sp³-hybridized carbons (Fsp3) is 0.464. The van der Waals surface area contributed by atoms with Gasteiger partial charge < -0.3 is 14.6 Å². The summed E-state index contributed by atoms with van der Waals surface area (Å²) in [5.41, 5.74) is 1.87. The highest BCUT2D eigenvalue weighted by Crippen LogP contribution is 2.28. The van der Waals surface area contributed by atoms with Crippen molar-refractivity contribution in [2.24, 2.45) is 5.92 Å². The average Bonchev–Trinajstić information content (AvgIpc) is 3.57. The number of rotatable bonds is 13. The molecule has 0 bridgehead atoms. The Balaban J connectivity index is 1.38. The molecule has 1 aliphatic heterocycles. The van der Waals surface area contributed by atoms with Gasteiger partial charge in [-0.1, -0.05) is 19.8 Å². The number of hydrogen-bond acceptors (Lipinski definition) is 6. The third-order valence-electron chi connectivity index (χ3n) is 6.92. The van der Waals surface area contributed by atoms with Gasteiger partial charge in [-0.3, -0.25) is 14.4 Å². The second-order valence-electron chi connectivity index (χ2n) is 9.61. The highest BCUT2D eigenvalue weighted by atomic mass is 16.4. The van der Waals surface area contributed by atoms with Crippen LogP contribution in [0, 0.1) is 5.92 Å². The Labute approximate surface area is 217 Å². The first-order valence-electron chi connectivity index (χ1n) is 13.1. The molecule has 3 heterocycles. The molecule has 196 valence electrons. The normalized spacial score (nSPS) is 14.3. The Morgan fingerprint density at radius 2 is 1.92 bits per heavy atom. The molecule has 0 radical (unpaired) electrons. The lowest BCUT2D eigenvalue weighted by atomic mass is 9.97. The van der Waals surface area contributed by atoms with Crippen molar-refractivity contribution in [1.29, 1.82) is 0 Å². The minimum atomic E-state index is -0.168. The van der Waals surface area contributed by atoms with Gasteiger partial charge in [-0.15, -0.1) is 0 Å². The third-order valence-corrected chi connectivity index (χ3v) is 6.92. The zero-order chi connectivity index (χ0) is 26.2. The summed E-state index contributed by atoms with van der Waals surface area (Å²) < 4.78 is 7.96. The maximum absolute atomic E-state index is 12.6. The zero-order valence-corrected chi connectivity index (χ0v) is 21.6. The van der Waals surface area contributed by atoms with Crippen molar-refractivity contribution in [2.75, 3.05) is 19.6 Å². The minimum absolute atomic E-state index is 0.00606. The number of amides is 2. The van der Waals surface area contributed by atoms with E-state index in [0.29, 0.717) is 49.9 Å². The molecule has 1 unspecified atom stereocenters. The van der Waals surface area contributed by atoms with Crippen molar-refractivity contribution in [3.63, 3.8) is 0 Å². The predicted octanol–water partition coefficient (Wildman–Crippen LogP) is 4.14. The standard InChI is InChI=1S/C28H35N5O4/c1-3-25(35)9-6-4-5-8-22(16-29-27(36)23-18-32(19-23)20(2)34)28-30-17-26(37-28)21-10-12-24(13-11-21)33-15-7-14-31-33/h7,10-15,17,22-23H,3-6,8-9,16,18-19H2,1-2H3,(H,29,36). The summed E-state index contributed by atoms with van der Waals surface area (Å²) >= 11 is 0. The maximum atomic E-state index is 12.6. The average molecular weight is 506 g/mol. The van der Waals surface area contributed by atoms with E-state index in [0.717, 1.165) is 36.9 Å². The van der Waals surface area contributed by atoms with Gasteiger partial charge in [-0.25, -0.2) is 9.67 Å². The number of aromatic nitrogens is 3. The number of carbonyl (C=O) groups excluding carboxylic acids is 3. The number of carbonyl (C=O) groups is 3. The Morgan fingerprint density at radius 1 is 1.14 bits per heavy atom. The monoisotopic (exact) mass is 505 g/mol. The molecular formula is C28H35N5O4. The Morgan fingerprint density at radius 3 is 2.59 bits per heavy atom. The number of ketones is 1. The van der Waals surface area contributed by atoms with E-state index < -0.39 is 0 Å². The van der Waals surface area contributed by atoms with Crippen LogP contribution in [0.2, 0.25) is 0 Å². The van der Waals surface area contributed by atoms with Gasteiger partial charge in [0.2, 0.25) is 11.8 Å². The van der Waals surface area contributed by atoms with Crippen LogP contribution in [0.15, 0.2) is 53.3 Å². The Kier molecular flexibility index (Phi) is 8.87. The molecule has 1 aromatic carbocycles. The Hall–Kier alpha value is -3.75. The Bertz CT molecular complexity index is 1180. The van der Waals surface area contributed by atoms with Crippen LogP contribution in [-0.2, 0) is 14.4 Å². The van der Waals surface area contributed by atoms with E-state index in [1.807, 2.05) is 43.5 Å². The van der Waals surface area contributed by atoms with Crippen LogP contribution >= 0.6 is 0 Å². The number of hydrogen-bond donors (Lipinski definition) is 1. The first-order valence-corrected chi connectivity index (χ1v) is 13.1. The number of benzene rings is 1. The van der Waals surface area contributed by atoms with Gasteiger partial charge in [-0.05, 0) is 43.2 Å². The number of Topliss-reactive ketones (excluding diaryl/α,β-unsaturated/α-hetero) is 1. The van der Waals surface area contributed by atoms with Crippen molar-refractivity contribution >= 4 is 17.6 Å². The van der Waals surface area contributed by atoms with Crippen LogP contribution in [-0.4, -0.2) is 56.9 Å². The van der Waals surface area contributed by atoms with Crippen LogP contribution in [0.25, 0.3) is 17.0 Å². The van der Waals surface area contributed by atoms with E-state index in [4.69, 9.17) is 4.42 Å². The van der Waals surface area contributed by atoms with Crippen molar-refractivity contribution in [3.8, 4) is 17.0 Å². The third kappa shape index (κ3) is 6.93. The van der Waals surface area contributed by atoms with Crippen molar-refractivity contribution in [3.05, 3.63) is 54.8 Å². The molecule has 1 fully saturated rings. The molecule has 3 aromatic rings. The van der Waals surface area contributed by atoms with Gasteiger partial charge in [0.1, 0.15) is 5.78 Å². The number of unbranched alkanes of at least 4 members (excludes halogenated alkanes) is 2. The fourth-order valence-electron chi connectivity index (χ4n) is 4.46. The summed E-state index contributed by atoms with van der Waals surface area (Å²) in [4.78, 5) is 41.9. The quantitative estimate of drug-likeness (QED) is 0.350. The van der Waals surface area contributed by atoms with E-state index in [2.05, 4.69) is 15.4 Å². The van der Waals surface area contributed by atoms with Crippen LogP contribution < -0.4 is 5.32 Å². The van der Waals surface area contributed by atoms with Crippen LogP contribution in [0.5, 0.6) is 0 Å². The molecule has 9 heteroatoms. The highest BCUT2D eigenvalue weighted by Gasteiger charge is 2.34. The maximum Gasteiger partial charge on any atom is 0.226 e. The fourth-order valence-corrected chi connectivity index (χ4v) is 4.46. The molecule has 1 atom stereocenters. The molecule has 1 N–H and O–H groups in total. The second kappa shape index (κ2) is 12.5. The van der Waals surface area contributed by atoms with Crippen LogP contribution in [0.1, 0.15) is 64.2 Å². The molecule has 37 heavy (non-hydrogen) atoms. The van der Waals surface area contributed by atoms with Gasteiger partial charge in [-0.2, -0.15) is 5.10 Å². The number of nitrogens with one attached hydrogen (secondary N) is 1. The summed E-state index contributed by atoms with van der Waals surface area (Å²) in [5.74, 6) is 1.26. The van der Waals surface area contributed by atoms with Gasteiger partial charge in [0.15, 0.2) is 11.7 Å². The van der Waals surface area contributed by atoms with E-state index in [1.54, 1.807) is 22.0 Å². The van der Waals surface area contributed by atoms with Gasteiger partial charge in [0.05, 0.1) is 23.7 Å². The lowest BCUT2D eigenvalue weighted by molar-refractivity contribution is -0.141. The molecule has 1 aliphatic rings. The smallest absolute Gasteiger partial charge is 0.226 e. The van der Waals surface area contributed by atoms with E-state index in [9.17, 15) is 14.4 Å².